The molecule has 1 unspecified atom stereocenters. The first-order valence-electron chi connectivity index (χ1n) is 11.1. The van der Waals surface area contributed by atoms with Crippen LogP contribution in [-0.4, -0.2) is 21.4 Å². The molecule has 178 valence electrons. The fourth-order valence-corrected chi connectivity index (χ4v) is 3.81. The molecule has 3 N–H and O–H groups in total. The maximum atomic E-state index is 13.8. The highest BCUT2D eigenvalue weighted by Gasteiger charge is 2.14. The number of nitrogens with zero attached hydrogens (tertiary/aromatic N) is 1. The van der Waals surface area contributed by atoms with Crippen molar-refractivity contribution >= 4 is 17.5 Å². The number of anilines is 1. The number of H-pyrrole nitrogens is 1. The molecular formula is C27H25FN4O3. The predicted octanol–water partition coefficient (Wildman–Crippen LogP) is 4.29. The highest BCUT2D eigenvalue weighted by Crippen LogP contribution is 2.19. The lowest BCUT2D eigenvalue weighted by Gasteiger charge is -2.16. The van der Waals surface area contributed by atoms with Gasteiger partial charge in [0.25, 0.3) is 5.91 Å². The highest BCUT2D eigenvalue weighted by atomic mass is 19.1. The summed E-state index contributed by atoms with van der Waals surface area (Å²) >= 11 is 0. The van der Waals surface area contributed by atoms with Gasteiger partial charge in [0, 0.05) is 23.1 Å². The van der Waals surface area contributed by atoms with E-state index in [9.17, 15) is 18.8 Å². The topological polar surface area (TPSA) is 96.0 Å². The third-order valence-corrected chi connectivity index (χ3v) is 5.67. The first-order chi connectivity index (χ1) is 16.8. The third kappa shape index (κ3) is 5.55. The van der Waals surface area contributed by atoms with E-state index >= 15 is 0 Å². The number of carbonyl (C=O) groups excluding carboxylic acids is 2. The number of imidazole rings is 1. The summed E-state index contributed by atoms with van der Waals surface area (Å²) in [6.45, 7) is 3.66. The fraction of sp³-hybridized carbons (Fsp3) is 0.148. The van der Waals surface area contributed by atoms with E-state index < -0.39 is 5.82 Å². The monoisotopic (exact) mass is 472 g/mol. The molecule has 0 spiro atoms. The molecule has 2 amide bonds. The van der Waals surface area contributed by atoms with Crippen LogP contribution >= 0.6 is 0 Å². The lowest BCUT2D eigenvalue weighted by Crippen LogP contribution is -2.26. The average Bonchev–Trinajstić information content (AvgIpc) is 3.18. The van der Waals surface area contributed by atoms with Crippen molar-refractivity contribution in [2.75, 3.05) is 5.32 Å². The van der Waals surface area contributed by atoms with Gasteiger partial charge in [-0.25, -0.2) is 9.18 Å². The zero-order valence-electron chi connectivity index (χ0n) is 19.3. The first-order valence-corrected chi connectivity index (χ1v) is 11.1. The maximum absolute atomic E-state index is 13.8. The number of hydrogen-bond donors (Lipinski definition) is 3. The van der Waals surface area contributed by atoms with Crippen molar-refractivity contribution in [1.29, 1.82) is 0 Å². The van der Waals surface area contributed by atoms with Crippen LogP contribution in [0.4, 0.5) is 10.1 Å². The number of hydrogen-bond acceptors (Lipinski definition) is 3. The summed E-state index contributed by atoms with van der Waals surface area (Å²) in [6, 6.07) is 19.7. The summed E-state index contributed by atoms with van der Waals surface area (Å²) < 4.78 is 15.3. The van der Waals surface area contributed by atoms with Crippen molar-refractivity contribution in [2.45, 2.75) is 26.3 Å². The van der Waals surface area contributed by atoms with E-state index in [1.54, 1.807) is 66.9 Å². The Morgan fingerprint density at radius 2 is 1.77 bits per heavy atom. The van der Waals surface area contributed by atoms with Gasteiger partial charge in [0.1, 0.15) is 5.82 Å². The second-order valence-electron chi connectivity index (χ2n) is 8.25. The fourth-order valence-electron chi connectivity index (χ4n) is 3.81. The van der Waals surface area contributed by atoms with E-state index in [1.807, 2.05) is 19.9 Å². The van der Waals surface area contributed by atoms with E-state index in [0.29, 0.717) is 22.5 Å². The molecule has 0 aliphatic heterocycles. The molecule has 8 heteroatoms. The Labute approximate surface area is 201 Å². The molecule has 3 aromatic carbocycles. The molecule has 1 heterocycles. The van der Waals surface area contributed by atoms with Crippen molar-refractivity contribution in [2.24, 2.45) is 0 Å². The second kappa shape index (κ2) is 10.2. The molecule has 0 saturated carbocycles. The van der Waals surface area contributed by atoms with Crippen LogP contribution in [0.25, 0.3) is 5.69 Å². The quantitative estimate of drug-likeness (QED) is 0.375. The zero-order valence-corrected chi connectivity index (χ0v) is 19.3. The van der Waals surface area contributed by atoms with Crippen LogP contribution in [0.15, 0.2) is 83.8 Å². The van der Waals surface area contributed by atoms with E-state index in [0.717, 1.165) is 11.3 Å². The van der Waals surface area contributed by atoms with Crippen molar-refractivity contribution in [3.05, 3.63) is 118 Å². The predicted molar refractivity (Wildman–Crippen MR) is 132 cm³/mol. The average molecular weight is 473 g/mol. The van der Waals surface area contributed by atoms with Gasteiger partial charge in [-0.3, -0.25) is 14.2 Å². The molecule has 0 aliphatic rings. The van der Waals surface area contributed by atoms with Crippen LogP contribution < -0.4 is 16.3 Å². The summed E-state index contributed by atoms with van der Waals surface area (Å²) in [5.41, 5.74) is 3.32. The Morgan fingerprint density at radius 1 is 1.03 bits per heavy atom. The number of carbonyl (C=O) groups is 2. The van der Waals surface area contributed by atoms with Gasteiger partial charge < -0.3 is 15.6 Å². The first kappa shape index (κ1) is 23.7. The molecule has 1 atom stereocenters. The number of aromatic nitrogens is 2. The van der Waals surface area contributed by atoms with Gasteiger partial charge in [0.2, 0.25) is 5.91 Å². The van der Waals surface area contributed by atoms with E-state index in [4.69, 9.17) is 0 Å². The van der Waals surface area contributed by atoms with Crippen molar-refractivity contribution in [3.8, 4) is 5.69 Å². The van der Waals surface area contributed by atoms with Crippen LogP contribution in [0, 0.1) is 12.7 Å². The lowest BCUT2D eigenvalue weighted by atomic mass is 10.1. The molecule has 7 nitrogen and oxygen atoms in total. The smallest absolute Gasteiger partial charge is 0.330 e. The minimum atomic E-state index is -0.420. The van der Waals surface area contributed by atoms with E-state index in [2.05, 4.69) is 15.6 Å². The van der Waals surface area contributed by atoms with Crippen LogP contribution in [0.2, 0.25) is 0 Å². The number of halogens is 1. The third-order valence-electron chi connectivity index (χ3n) is 5.67. The molecular weight excluding hydrogens is 447 g/mol. The Kier molecular flexibility index (Phi) is 6.91. The minimum absolute atomic E-state index is 0.0758. The number of nitrogens with one attached hydrogen (secondary N) is 3. The summed E-state index contributed by atoms with van der Waals surface area (Å²) in [7, 11) is 0. The molecule has 0 bridgehead atoms. The number of benzene rings is 3. The van der Waals surface area contributed by atoms with Crippen molar-refractivity contribution in [1.82, 2.24) is 14.9 Å². The summed E-state index contributed by atoms with van der Waals surface area (Å²) in [5, 5.41) is 5.72. The second-order valence-corrected chi connectivity index (χ2v) is 8.25. The van der Waals surface area contributed by atoms with Gasteiger partial charge in [-0.2, -0.15) is 0 Å². The van der Waals surface area contributed by atoms with Crippen molar-refractivity contribution < 1.29 is 14.0 Å². The van der Waals surface area contributed by atoms with E-state index in [1.165, 1.54) is 10.6 Å². The van der Waals surface area contributed by atoms with Crippen molar-refractivity contribution in [3.63, 3.8) is 0 Å². The summed E-state index contributed by atoms with van der Waals surface area (Å²) in [5.74, 6) is -1.02. The molecule has 1 aromatic heterocycles. The molecule has 4 aromatic rings. The molecule has 0 fully saturated rings. The Hall–Kier alpha value is -4.46. The van der Waals surface area contributed by atoms with Crippen LogP contribution in [0.5, 0.6) is 0 Å². The minimum Gasteiger partial charge on any atom is -0.346 e. The van der Waals surface area contributed by atoms with E-state index in [-0.39, 0.29) is 30.0 Å². The SMILES string of the molecule is Cc1c[nH]c(=O)n1-c1ccc(C(=O)NC(C)c2cccc(NC(=O)Cc3ccccc3F)c2)cc1. The molecule has 0 saturated heterocycles. The maximum Gasteiger partial charge on any atom is 0.330 e. The van der Waals surface area contributed by atoms with Gasteiger partial charge in [0.05, 0.1) is 18.2 Å². The number of rotatable bonds is 7. The van der Waals surface area contributed by atoms with Gasteiger partial charge in [0.15, 0.2) is 0 Å². The van der Waals surface area contributed by atoms with Crippen LogP contribution in [0.1, 0.15) is 40.1 Å². The van der Waals surface area contributed by atoms with Gasteiger partial charge in [-0.15, -0.1) is 0 Å². The Bertz CT molecular complexity index is 1420. The summed E-state index contributed by atoms with van der Waals surface area (Å²) in [4.78, 5) is 39.7. The van der Waals surface area contributed by atoms with Crippen LogP contribution in [-0.2, 0) is 11.2 Å². The number of aryl methyl sites for hydroxylation is 1. The van der Waals surface area contributed by atoms with Gasteiger partial charge >= 0.3 is 5.69 Å². The summed E-state index contributed by atoms with van der Waals surface area (Å²) in [6.07, 6.45) is 1.55. The largest absolute Gasteiger partial charge is 0.346 e. The van der Waals surface area contributed by atoms with Gasteiger partial charge in [-0.1, -0.05) is 30.3 Å². The molecule has 0 aliphatic carbocycles. The van der Waals surface area contributed by atoms with Crippen LogP contribution in [0.3, 0.4) is 0 Å². The number of amides is 2. The lowest BCUT2D eigenvalue weighted by molar-refractivity contribution is -0.115. The van der Waals surface area contributed by atoms with Gasteiger partial charge in [-0.05, 0) is 67.4 Å². The molecule has 0 radical (unpaired) electrons. The molecule has 4 rings (SSSR count). The highest BCUT2D eigenvalue weighted by molar-refractivity contribution is 5.95. The normalized spacial score (nSPS) is 11.6. The standard InChI is InChI=1S/C27H25FN4O3/c1-17-16-29-27(35)32(17)23-12-10-19(11-13-23)26(34)30-18(2)20-7-5-8-22(14-20)31-25(33)15-21-6-3-4-9-24(21)28/h3-14,16,18H,15H2,1-2H3,(H,29,35)(H,30,34)(H,31,33). The Balaban J connectivity index is 1.40. The zero-order chi connectivity index (χ0) is 24.9. The Morgan fingerprint density at radius 3 is 2.46 bits per heavy atom. The molecule has 35 heavy (non-hydrogen) atoms. The number of aromatic amines is 1.